The summed E-state index contributed by atoms with van der Waals surface area (Å²) in [5.74, 6) is -0.0471. The Bertz CT molecular complexity index is 682. The van der Waals surface area contributed by atoms with E-state index in [2.05, 4.69) is 4.99 Å². The molecule has 1 atom stereocenters. The van der Waals surface area contributed by atoms with Crippen molar-refractivity contribution in [2.75, 3.05) is 12.8 Å². The first kappa shape index (κ1) is 15.0. The number of rotatable bonds is 2. The molecule has 0 saturated carbocycles. The van der Waals surface area contributed by atoms with Gasteiger partial charge in [0.1, 0.15) is 5.75 Å². The lowest BCUT2D eigenvalue weighted by Gasteiger charge is -2.17. The number of carbonyl (C=O) groups excluding carboxylic acids is 1. The predicted molar refractivity (Wildman–Crippen MR) is 76.3 cm³/mol. The van der Waals surface area contributed by atoms with Crippen molar-refractivity contribution in [3.05, 3.63) is 23.2 Å². The molecule has 108 valence electrons. The molecule has 20 heavy (non-hydrogen) atoms. The van der Waals surface area contributed by atoms with Crippen LogP contribution >= 0.6 is 11.6 Å². The van der Waals surface area contributed by atoms with Gasteiger partial charge in [0.15, 0.2) is 9.84 Å². The summed E-state index contributed by atoms with van der Waals surface area (Å²) in [5.41, 5.74) is 0. The number of aliphatic imine (C=N–C) groups is 1. The number of sulfone groups is 1. The first-order valence-corrected chi connectivity index (χ1v) is 8.32. The van der Waals surface area contributed by atoms with Gasteiger partial charge in [-0.3, -0.25) is 4.79 Å². The molecule has 0 N–H and O–H groups in total. The summed E-state index contributed by atoms with van der Waals surface area (Å²) in [6.07, 6.45) is 1.79. The van der Waals surface area contributed by atoms with E-state index in [1.807, 2.05) is 6.92 Å². The van der Waals surface area contributed by atoms with Crippen molar-refractivity contribution in [3.8, 4) is 5.75 Å². The van der Waals surface area contributed by atoms with E-state index in [1.165, 1.54) is 18.2 Å². The zero-order chi connectivity index (χ0) is 14.9. The molecule has 0 amide bonds. The number of carbonyl (C=O) groups is 1. The fourth-order valence-corrected chi connectivity index (χ4v) is 2.69. The number of hydrogen-bond donors (Lipinski definition) is 0. The molecule has 1 aliphatic heterocycles. The third kappa shape index (κ3) is 3.19. The van der Waals surface area contributed by atoms with Crippen molar-refractivity contribution in [1.82, 2.24) is 0 Å². The van der Waals surface area contributed by atoms with Crippen LogP contribution in [0.15, 0.2) is 28.1 Å². The molecule has 1 unspecified atom stereocenters. The molecule has 2 rings (SSSR count). The van der Waals surface area contributed by atoms with Crippen LogP contribution in [-0.2, 0) is 14.6 Å². The van der Waals surface area contributed by atoms with Gasteiger partial charge in [0.25, 0.3) is 5.90 Å². The molecule has 1 aliphatic rings. The van der Waals surface area contributed by atoms with E-state index in [0.29, 0.717) is 13.0 Å². The molecular formula is C13H14ClNO4S. The molecule has 1 aromatic rings. The van der Waals surface area contributed by atoms with Crippen LogP contribution in [0.5, 0.6) is 5.75 Å². The van der Waals surface area contributed by atoms with Gasteiger partial charge in [0, 0.05) is 18.7 Å². The number of ketones is 1. The van der Waals surface area contributed by atoms with Gasteiger partial charge in [0.05, 0.1) is 9.92 Å². The maximum atomic E-state index is 11.9. The molecule has 0 saturated heterocycles. The van der Waals surface area contributed by atoms with Crippen molar-refractivity contribution in [2.45, 2.75) is 18.2 Å². The molecular weight excluding hydrogens is 302 g/mol. The second-order valence-electron chi connectivity index (χ2n) is 4.71. The lowest BCUT2D eigenvalue weighted by atomic mass is 10.0. The minimum absolute atomic E-state index is 0.0257. The van der Waals surface area contributed by atoms with Crippen LogP contribution < -0.4 is 4.74 Å². The maximum absolute atomic E-state index is 11.9. The Morgan fingerprint density at radius 2 is 2.10 bits per heavy atom. The van der Waals surface area contributed by atoms with E-state index in [1.54, 1.807) is 0 Å². The minimum atomic E-state index is -3.33. The molecule has 0 aliphatic carbocycles. The normalized spacial score (nSPS) is 19.6. The monoisotopic (exact) mass is 315 g/mol. The molecule has 1 heterocycles. The maximum Gasteiger partial charge on any atom is 0.259 e. The minimum Gasteiger partial charge on any atom is -0.435 e. The lowest BCUT2D eigenvalue weighted by molar-refractivity contribution is -0.117. The summed E-state index contributed by atoms with van der Waals surface area (Å²) < 4.78 is 28.2. The fourth-order valence-electron chi connectivity index (χ4n) is 1.76. The second kappa shape index (κ2) is 5.54. The molecule has 0 fully saturated rings. The Hall–Kier alpha value is -1.40. The molecule has 7 heteroatoms. The SMILES string of the molecule is CC1CCN=C(Oc2ccc(S(C)(=O)=O)cc2Cl)C1=O. The zero-order valence-corrected chi connectivity index (χ0v) is 12.7. The topological polar surface area (TPSA) is 72.8 Å². The van der Waals surface area contributed by atoms with Gasteiger partial charge in [-0.05, 0) is 24.6 Å². The number of Topliss-reactive ketones (excluding diaryl/α,β-unsaturated/α-hetero) is 1. The number of halogens is 1. The quantitative estimate of drug-likeness (QED) is 0.838. The fraction of sp³-hybridized carbons (Fsp3) is 0.385. The summed E-state index contributed by atoms with van der Waals surface area (Å²) in [6, 6.07) is 4.10. The van der Waals surface area contributed by atoms with Crippen molar-refractivity contribution in [1.29, 1.82) is 0 Å². The van der Waals surface area contributed by atoms with Crippen molar-refractivity contribution in [3.63, 3.8) is 0 Å². The highest BCUT2D eigenvalue weighted by molar-refractivity contribution is 7.90. The zero-order valence-electron chi connectivity index (χ0n) is 11.1. The largest absolute Gasteiger partial charge is 0.435 e. The standard InChI is InChI=1S/C13H14ClNO4S/c1-8-5-6-15-13(12(8)16)19-11-4-3-9(7-10(11)14)20(2,17)18/h3-4,7-8H,5-6H2,1-2H3. The Morgan fingerprint density at radius 3 is 2.70 bits per heavy atom. The van der Waals surface area contributed by atoms with Gasteiger partial charge in [-0.2, -0.15) is 0 Å². The highest BCUT2D eigenvalue weighted by Crippen LogP contribution is 2.28. The second-order valence-corrected chi connectivity index (χ2v) is 7.13. The third-order valence-corrected chi connectivity index (χ3v) is 4.42. The molecule has 0 bridgehead atoms. The van der Waals surface area contributed by atoms with Crippen LogP contribution in [0.1, 0.15) is 13.3 Å². The highest BCUT2D eigenvalue weighted by Gasteiger charge is 2.25. The van der Waals surface area contributed by atoms with E-state index in [0.717, 1.165) is 6.26 Å². The van der Waals surface area contributed by atoms with Crippen molar-refractivity contribution < 1.29 is 17.9 Å². The van der Waals surface area contributed by atoms with Crippen molar-refractivity contribution in [2.24, 2.45) is 10.9 Å². The smallest absolute Gasteiger partial charge is 0.259 e. The Balaban J connectivity index is 2.27. The highest BCUT2D eigenvalue weighted by atomic mass is 35.5. The van der Waals surface area contributed by atoms with Gasteiger partial charge >= 0.3 is 0 Å². The Labute approximate surface area is 122 Å². The summed E-state index contributed by atoms with van der Waals surface area (Å²) in [6.45, 7) is 2.34. The van der Waals surface area contributed by atoms with E-state index < -0.39 is 9.84 Å². The molecule has 0 spiro atoms. The number of benzene rings is 1. The van der Waals surface area contributed by atoms with Gasteiger partial charge in [-0.15, -0.1) is 0 Å². The Kier molecular flexibility index (Phi) is 4.15. The Morgan fingerprint density at radius 1 is 1.40 bits per heavy atom. The summed E-state index contributed by atoms with van der Waals surface area (Å²) in [4.78, 5) is 16.0. The number of ether oxygens (including phenoxy) is 1. The van der Waals surface area contributed by atoms with Crippen molar-refractivity contribution >= 4 is 33.1 Å². The first-order valence-electron chi connectivity index (χ1n) is 6.05. The van der Waals surface area contributed by atoms with Gasteiger partial charge in [0.2, 0.25) is 5.78 Å². The summed E-state index contributed by atoms with van der Waals surface area (Å²) in [7, 11) is -3.33. The first-order chi connectivity index (χ1) is 9.29. The summed E-state index contributed by atoms with van der Waals surface area (Å²) >= 11 is 5.98. The van der Waals surface area contributed by atoms with Gasteiger partial charge in [-0.1, -0.05) is 18.5 Å². The van der Waals surface area contributed by atoms with Crippen LogP contribution in [0.2, 0.25) is 5.02 Å². The van der Waals surface area contributed by atoms with E-state index in [-0.39, 0.29) is 33.3 Å². The average Bonchev–Trinajstić information content (AvgIpc) is 2.36. The molecule has 0 radical (unpaired) electrons. The summed E-state index contributed by atoms with van der Waals surface area (Å²) in [5, 5.41) is 0.127. The molecule has 0 aromatic heterocycles. The van der Waals surface area contributed by atoms with Crippen LogP contribution in [0.4, 0.5) is 0 Å². The molecule has 1 aromatic carbocycles. The van der Waals surface area contributed by atoms with Gasteiger partial charge in [-0.25, -0.2) is 13.4 Å². The average molecular weight is 316 g/mol. The predicted octanol–water partition coefficient (Wildman–Crippen LogP) is 2.13. The third-order valence-electron chi connectivity index (χ3n) is 3.01. The molecule has 5 nitrogen and oxygen atoms in total. The van der Waals surface area contributed by atoms with Crippen LogP contribution in [0.25, 0.3) is 0 Å². The van der Waals surface area contributed by atoms with Gasteiger partial charge < -0.3 is 4.74 Å². The number of hydrogen-bond acceptors (Lipinski definition) is 5. The van der Waals surface area contributed by atoms with Crippen LogP contribution in [0, 0.1) is 5.92 Å². The van der Waals surface area contributed by atoms with E-state index in [9.17, 15) is 13.2 Å². The van der Waals surface area contributed by atoms with Crippen LogP contribution in [-0.4, -0.2) is 32.9 Å². The van der Waals surface area contributed by atoms with E-state index in [4.69, 9.17) is 16.3 Å². The van der Waals surface area contributed by atoms with E-state index >= 15 is 0 Å². The number of nitrogens with zero attached hydrogens (tertiary/aromatic N) is 1. The lowest BCUT2D eigenvalue weighted by Crippen LogP contribution is -2.31. The van der Waals surface area contributed by atoms with Crippen LogP contribution in [0.3, 0.4) is 0 Å².